The summed E-state index contributed by atoms with van der Waals surface area (Å²) in [6, 6.07) is 7.33. The van der Waals surface area contributed by atoms with Gasteiger partial charge < -0.3 is 10.6 Å². The van der Waals surface area contributed by atoms with Crippen LogP contribution in [-0.4, -0.2) is 27.8 Å². The predicted octanol–water partition coefficient (Wildman–Crippen LogP) is 4.57. The molecule has 0 aliphatic carbocycles. The average molecular weight is 433 g/mol. The van der Waals surface area contributed by atoms with E-state index in [2.05, 4.69) is 38.0 Å². The number of anilines is 4. The van der Waals surface area contributed by atoms with E-state index >= 15 is 0 Å². The Morgan fingerprint density at radius 2 is 2.03 bits per heavy atom. The van der Waals surface area contributed by atoms with Gasteiger partial charge in [-0.1, -0.05) is 18.5 Å². The number of hydroxylamine groups is 1. The fourth-order valence-corrected chi connectivity index (χ4v) is 3.02. The molecule has 0 saturated carbocycles. The van der Waals surface area contributed by atoms with E-state index in [1.54, 1.807) is 6.07 Å². The Kier molecular flexibility index (Phi) is 6.86. The van der Waals surface area contributed by atoms with Crippen molar-refractivity contribution in [2.75, 3.05) is 17.7 Å². The molecule has 1 amide bonds. The third kappa shape index (κ3) is 5.05. The van der Waals surface area contributed by atoms with Gasteiger partial charge in [-0.15, -0.1) is 0 Å². The summed E-state index contributed by atoms with van der Waals surface area (Å²) in [4.78, 5) is 21.1. The van der Waals surface area contributed by atoms with Crippen LogP contribution in [0.4, 0.5) is 27.4 Å². The number of hydrogen-bond acceptors (Lipinski definition) is 6. The number of carbonyl (C=O) groups is 1. The van der Waals surface area contributed by atoms with Gasteiger partial charge in [0.15, 0.2) is 0 Å². The molecule has 0 saturated heterocycles. The Balaban J connectivity index is 1.90. The first-order valence-corrected chi connectivity index (χ1v) is 9.66. The van der Waals surface area contributed by atoms with Gasteiger partial charge in [0.2, 0.25) is 0 Å². The summed E-state index contributed by atoms with van der Waals surface area (Å²) in [5, 5.41) is 11.0. The maximum Gasteiger partial charge on any atom is 0.276 e. The Morgan fingerprint density at radius 3 is 2.77 bits per heavy atom. The number of aromatic nitrogens is 3. The molecule has 0 bridgehead atoms. The normalized spacial score (nSPS) is 10.7. The lowest BCUT2D eigenvalue weighted by molar-refractivity contribution is 0.0538. The van der Waals surface area contributed by atoms with Crippen LogP contribution < -0.4 is 16.1 Å². The van der Waals surface area contributed by atoms with Crippen LogP contribution in [0.25, 0.3) is 0 Å². The van der Waals surface area contributed by atoms with Crippen molar-refractivity contribution >= 4 is 40.5 Å². The van der Waals surface area contributed by atoms with E-state index in [1.165, 1.54) is 31.5 Å². The lowest BCUT2D eigenvalue weighted by Crippen LogP contribution is -2.22. The molecule has 3 N–H and O–H groups in total. The van der Waals surface area contributed by atoms with Crippen molar-refractivity contribution in [2.45, 2.75) is 26.8 Å². The van der Waals surface area contributed by atoms with Crippen molar-refractivity contribution in [3.8, 4) is 0 Å². The van der Waals surface area contributed by atoms with Crippen LogP contribution in [-0.2, 0) is 11.4 Å². The highest BCUT2D eigenvalue weighted by atomic mass is 35.5. The van der Waals surface area contributed by atoms with Gasteiger partial charge in [-0.05, 0) is 31.5 Å². The van der Waals surface area contributed by atoms with Crippen molar-refractivity contribution < 1.29 is 14.0 Å². The van der Waals surface area contributed by atoms with E-state index < -0.39 is 11.7 Å². The van der Waals surface area contributed by atoms with E-state index in [9.17, 15) is 9.18 Å². The second kappa shape index (κ2) is 9.55. The Labute approximate surface area is 178 Å². The largest absolute Gasteiger partial charge is 0.353 e. The summed E-state index contributed by atoms with van der Waals surface area (Å²) in [5.74, 6) is 0.274. The molecule has 0 fully saturated rings. The van der Waals surface area contributed by atoms with Crippen LogP contribution in [0.5, 0.6) is 0 Å². The lowest BCUT2D eigenvalue weighted by atomic mass is 10.1. The maximum absolute atomic E-state index is 13.8. The van der Waals surface area contributed by atoms with Crippen LogP contribution in [0.15, 0.2) is 36.5 Å². The highest BCUT2D eigenvalue weighted by Gasteiger charge is 2.15. The number of pyridine rings is 1. The van der Waals surface area contributed by atoms with Crippen molar-refractivity contribution in [1.29, 1.82) is 0 Å². The number of benzene rings is 1. The molecule has 158 valence electrons. The number of carbonyl (C=O) groups excluding carboxylic acids is 1. The standard InChI is InChI=1S/C20H22ClFN6O2/c1-4-7-28-19(8-12(2)26-28)25-18-10-17(15(21)11-23-18)24-16-9-13(22)5-6-14(16)20(29)27-30-3/h5-6,8-11H,4,7H2,1-3H3,(H,27,29)(H2,23,24,25). The third-order valence-electron chi connectivity index (χ3n) is 4.14. The minimum absolute atomic E-state index is 0.192. The van der Waals surface area contributed by atoms with Gasteiger partial charge in [-0.2, -0.15) is 5.10 Å². The van der Waals surface area contributed by atoms with Crippen LogP contribution in [0.3, 0.4) is 0 Å². The third-order valence-corrected chi connectivity index (χ3v) is 4.44. The highest BCUT2D eigenvalue weighted by Crippen LogP contribution is 2.30. The zero-order valence-electron chi connectivity index (χ0n) is 16.8. The lowest BCUT2D eigenvalue weighted by Gasteiger charge is -2.14. The van der Waals surface area contributed by atoms with Gasteiger partial charge in [-0.25, -0.2) is 19.5 Å². The minimum atomic E-state index is -0.525. The first-order valence-electron chi connectivity index (χ1n) is 9.28. The summed E-state index contributed by atoms with van der Waals surface area (Å²) < 4.78 is 15.7. The van der Waals surface area contributed by atoms with E-state index in [4.69, 9.17) is 11.6 Å². The number of rotatable bonds is 8. The molecule has 0 unspecified atom stereocenters. The molecule has 1 aromatic carbocycles. The Morgan fingerprint density at radius 1 is 1.23 bits per heavy atom. The average Bonchev–Trinajstić information content (AvgIpc) is 3.04. The molecule has 30 heavy (non-hydrogen) atoms. The summed E-state index contributed by atoms with van der Waals surface area (Å²) >= 11 is 6.28. The Hall–Kier alpha value is -3.17. The summed E-state index contributed by atoms with van der Waals surface area (Å²) in [6.07, 6.45) is 2.40. The second-order valence-electron chi connectivity index (χ2n) is 6.52. The molecule has 0 aliphatic heterocycles. The van der Waals surface area contributed by atoms with E-state index in [-0.39, 0.29) is 11.3 Å². The second-order valence-corrected chi connectivity index (χ2v) is 6.93. The molecular weight excluding hydrogens is 411 g/mol. The molecule has 0 spiro atoms. The number of nitrogens with one attached hydrogen (secondary N) is 3. The number of nitrogens with zero attached hydrogens (tertiary/aromatic N) is 3. The number of amides is 1. The maximum atomic E-state index is 13.8. The minimum Gasteiger partial charge on any atom is -0.353 e. The van der Waals surface area contributed by atoms with Gasteiger partial charge in [-0.3, -0.25) is 9.63 Å². The van der Waals surface area contributed by atoms with Crippen molar-refractivity contribution in [2.24, 2.45) is 0 Å². The monoisotopic (exact) mass is 432 g/mol. The van der Waals surface area contributed by atoms with Crippen molar-refractivity contribution in [1.82, 2.24) is 20.2 Å². The smallest absolute Gasteiger partial charge is 0.276 e. The first kappa shape index (κ1) is 21.5. The molecule has 2 aromatic heterocycles. The number of hydrogen-bond donors (Lipinski definition) is 3. The van der Waals surface area contributed by atoms with E-state index in [1.807, 2.05) is 17.7 Å². The van der Waals surface area contributed by atoms with E-state index in [0.29, 0.717) is 16.5 Å². The Bertz CT molecular complexity index is 1060. The van der Waals surface area contributed by atoms with Crippen molar-refractivity contribution in [3.63, 3.8) is 0 Å². The molecule has 3 aromatic rings. The highest BCUT2D eigenvalue weighted by molar-refractivity contribution is 6.33. The summed E-state index contributed by atoms with van der Waals surface area (Å²) in [5.41, 5.74) is 3.97. The number of aryl methyl sites for hydroxylation is 2. The van der Waals surface area contributed by atoms with Gasteiger partial charge in [0.1, 0.15) is 17.5 Å². The molecule has 3 rings (SSSR count). The van der Waals surface area contributed by atoms with Crippen molar-refractivity contribution in [3.05, 3.63) is 58.6 Å². The topological polar surface area (TPSA) is 93.1 Å². The molecule has 10 heteroatoms. The number of halogens is 2. The van der Waals surface area contributed by atoms with Gasteiger partial charge in [0, 0.05) is 18.7 Å². The molecule has 0 atom stereocenters. The van der Waals surface area contributed by atoms with Crippen LogP contribution in [0.2, 0.25) is 5.02 Å². The fourth-order valence-electron chi connectivity index (χ4n) is 2.87. The molecule has 8 nitrogen and oxygen atoms in total. The summed E-state index contributed by atoms with van der Waals surface area (Å²) in [6.45, 7) is 4.74. The zero-order chi connectivity index (χ0) is 21.7. The van der Waals surface area contributed by atoms with Crippen LogP contribution >= 0.6 is 11.6 Å². The first-order chi connectivity index (χ1) is 14.4. The zero-order valence-corrected chi connectivity index (χ0v) is 17.5. The molecule has 0 radical (unpaired) electrons. The SMILES string of the molecule is CCCn1nc(C)cc1Nc1cc(Nc2cc(F)ccc2C(=O)NOC)c(Cl)cn1. The summed E-state index contributed by atoms with van der Waals surface area (Å²) in [7, 11) is 1.32. The molecule has 0 aliphatic rings. The predicted molar refractivity (Wildman–Crippen MR) is 114 cm³/mol. The molecule has 2 heterocycles. The van der Waals surface area contributed by atoms with Crippen LogP contribution in [0, 0.1) is 12.7 Å². The van der Waals surface area contributed by atoms with Gasteiger partial charge >= 0.3 is 0 Å². The molecular formula is C20H22ClFN6O2. The van der Waals surface area contributed by atoms with Crippen LogP contribution in [0.1, 0.15) is 29.4 Å². The van der Waals surface area contributed by atoms with E-state index in [0.717, 1.165) is 24.5 Å². The fraction of sp³-hybridized carbons (Fsp3) is 0.250. The van der Waals surface area contributed by atoms with Gasteiger partial charge in [0.25, 0.3) is 5.91 Å². The quantitative estimate of drug-likeness (QED) is 0.451. The van der Waals surface area contributed by atoms with Gasteiger partial charge in [0.05, 0.1) is 41.0 Å².